The van der Waals surface area contributed by atoms with Crippen molar-refractivity contribution in [2.75, 3.05) is 39.5 Å². The molecule has 3 amide bonds. The summed E-state index contributed by atoms with van der Waals surface area (Å²) >= 11 is 0.852. The Labute approximate surface area is 155 Å². The summed E-state index contributed by atoms with van der Waals surface area (Å²) in [5.74, 6) is 0.0715. The molecule has 0 bridgehead atoms. The fraction of sp³-hybridized carbons (Fsp3) is 0.389. The number of carbonyl (C=O) groups is 3. The highest BCUT2D eigenvalue weighted by molar-refractivity contribution is 8.18. The Morgan fingerprint density at radius 2 is 1.92 bits per heavy atom. The van der Waals surface area contributed by atoms with Gasteiger partial charge in [0.15, 0.2) is 0 Å². The van der Waals surface area contributed by atoms with Crippen LogP contribution in [0.15, 0.2) is 29.2 Å². The van der Waals surface area contributed by atoms with Crippen molar-refractivity contribution in [2.24, 2.45) is 0 Å². The van der Waals surface area contributed by atoms with Crippen LogP contribution in [0.1, 0.15) is 12.5 Å². The minimum Gasteiger partial charge on any atom is -0.494 e. The van der Waals surface area contributed by atoms with Crippen LogP contribution in [0.2, 0.25) is 0 Å². The molecule has 0 aliphatic carbocycles. The van der Waals surface area contributed by atoms with Gasteiger partial charge in [-0.05, 0) is 42.5 Å². The third kappa shape index (κ3) is 4.25. The van der Waals surface area contributed by atoms with E-state index in [1.54, 1.807) is 11.0 Å². The molecule has 138 valence electrons. The molecular formula is C18H20N2O5S. The molecule has 2 heterocycles. The third-order valence-electron chi connectivity index (χ3n) is 4.02. The molecule has 0 N–H and O–H groups in total. The van der Waals surface area contributed by atoms with Gasteiger partial charge in [-0.1, -0.05) is 12.1 Å². The number of morpholine rings is 1. The van der Waals surface area contributed by atoms with Crippen LogP contribution in [0.4, 0.5) is 4.79 Å². The summed E-state index contributed by atoms with van der Waals surface area (Å²) in [6.07, 6.45) is 1.65. The lowest BCUT2D eigenvalue weighted by Gasteiger charge is -2.28. The van der Waals surface area contributed by atoms with Gasteiger partial charge in [-0.2, -0.15) is 0 Å². The number of rotatable bonds is 5. The van der Waals surface area contributed by atoms with E-state index >= 15 is 0 Å². The van der Waals surface area contributed by atoms with Gasteiger partial charge in [0.25, 0.3) is 11.1 Å². The first-order chi connectivity index (χ1) is 12.6. The van der Waals surface area contributed by atoms with Crippen molar-refractivity contribution in [2.45, 2.75) is 6.92 Å². The van der Waals surface area contributed by atoms with E-state index in [-0.39, 0.29) is 12.5 Å². The zero-order chi connectivity index (χ0) is 18.5. The zero-order valence-electron chi connectivity index (χ0n) is 14.5. The minimum atomic E-state index is -0.435. The Morgan fingerprint density at radius 3 is 2.58 bits per heavy atom. The van der Waals surface area contributed by atoms with E-state index in [2.05, 4.69) is 0 Å². The highest BCUT2D eigenvalue weighted by atomic mass is 32.2. The maximum atomic E-state index is 12.5. The van der Waals surface area contributed by atoms with Gasteiger partial charge in [0.05, 0.1) is 24.7 Å². The molecular weight excluding hydrogens is 356 g/mol. The SMILES string of the molecule is CCOc1ccc(C=C2SC(=O)N(CC(=O)N3CCOCC3)C2=O)cc1. The molecule has 2 fully saturated rings. The molecule has 0 saturated carbocycles. The molecule has 0 unspecified atom stereocenters. The van der Waals surface area contributed by atoms with E-state index in [0.717, 1.165) is 28.0 Å². The molecule has 0 aromatic heterocycles. The summed E-state index contributed by atoms with van der Waals surface area (Å²) in [7, 11) is 0. The summed E-state index contributed by atoms with van der Waals surface area (Å²) in [5.41, 5.74) is 0.790. The Hall–Kier alpha value is -2.32. The number of imide groups is 1. The van der Waals surface area contributed by atoms with E-state index in [1.807, 2.05) is 31.2 Å². The molecule has 2 aliphatic heterocycles. The van der Waals surface area contributed by atoms with Crippen LogP contribution in [-0.4, -0.2) is 66.3 Å². The molecule has 0 atom stereocenters. The van der Waals surface area contributed by atoms with Crippen LogP contribution in [0, 0.1) is 0 Å². The molecule has 26 heavy (non-hydrogen) atoms. The maximum Gasteiger partial charge on any atom is 0.294 e. The van der Waals surface area contributed by atoms with Crippen molar-refractivity contribution in [1.82, 2.24) is 9.80 Å². The van der Waals surface area contributed by atoms with Crippen LogP contribution < -0.4 is 4.74 Å². The third-order valence-corrected chi connectivity index (χ3v) is 4.93. The predicted molar refractivity (Wildman–Crippen MR) is 97.7 cm³/mol. The second kappa shape index (κ2) is 8.37. The largest absolute Gasteiger partial charge is 0.494 e. The van der Waals surface area contributed by atoms with Gasteiger partial charge < -0.3 is 14.4 Å². The van der Waals surface area contributed by atoms with E-state index < -0.39 is 11.1 Å². The summed E-state index contributed by atoms with van der Waals surface area (Å²) < 4.78 is 10.6. The Kier molecular flexibility index (Phi) is 5.95. The number of ether oxygens (including phenoxy) is 2. The monoisotopic (exact) mass is 376 g/mol. The summed E-state index contributed by atoms with van der Waals surface area (Å²) in [6, 6.07) is 7.25. The standard InChI is InChI=1S/C18H20N2O5S/c1-2-25-14-5-3-13(4-6-14)11-15-17(22)20(18(23)26-15)12-16(21)19-7-9-24-10-8-19/h3-6,11H,2,7-10,12H2,1H3. The molecule has 3 rings (SSSR count). The second-order valence-corrected chi connectivity index (χ2v) is 6.76. The summed E-state index contributed by atoms with van der Waals surface area (Å²) in [5, 5.41) is -0.422. The van der Waals surface area contributed by atoms with Crippen molar-refractivity contribution in [3.05, 3.63) is 34.7 Å². The van der Waals surface area contributed by atoms with Gasteiger partial charge in [0.2, 0.25) is 5.91 Å². The molecule has 1 aromatic carbocycles. The number of amides is 3. The number of hydrogen-bond acceptors (Lipinski definition) is 6. The number of nitrogens with zero attached hydrogens (tertiary/aromatic N) is 2. The number of hydrogen-bond donors (Lipinski definition) is 0. The van der Waals surface area contributed by atoms with Gasteiger partial charge in [-0.15, -0.1) is 0 Å². The van der Waals surface area contributed by atoms with Gasteiger partial charge >= 0.3 is 0 Å². The van der Waals surface area contributed by atoms with E-state index in [0.29, 0.717) is 37.8 Å². The molecule has 1 aromatic rings. The van der Waals surface area contributed by atoms with Gasteiger partial charge in [-0.25, -0.2) is 0 Å². The molecule has 0 spiro atoms. The fourth-order valence-electron chi connectivity index (χ4n) is 2.66. The summed E-state index contributed by atoms with van der Waals surface area (Å²) in [4.78, 5) is 39.9. The van der Waals surface area contributed by atoms with E-state index in [1.165, 1.54) is 0 Å². The molecule has 7 nitrogen and oxygen atoms in total. The first kappa shape index (κ1) is 18.5. The number of carbonyl (C=O) groups excluding carboxylic acids is 3. The van der Waals surface area contributed by atoms with Crippen molar-refractivity contribution in [1.29, 1.82) is 0 Å². The normalized spacial score (nSPS) is 19.3. The number of thioether (sulfide) groups is 1. The van der Waals surface area contributed by atoms with Crippen molar-refractivity contribution >= 4 is 34.9 Å². The van der Waals surface area contributed by atoms with Crippen molar-refractivity contribution < 1.29 is 23.9 Å². The lowest BCUT2D eigenvalue weighted by molar-refractivity contribution is -0.139. The first-order valence-electron chi connectivity index (χ1n) is 8.42. The number of benzene rings is 1. The fourth-order valence-corrected chi connectivity index (χ4v) is 3.50. The Balaban J connectivity index is 1.66. The first-order valence-corrected chi connectivity index (χ1v) is 9.24. The van der Waals surface area contributed by atoms with Crippen LogP contribution in [0.3, 0.4) is 0 Å². The molecule has 0 radical (unpaired) electrons. The highest BCUT2D eigenvalue weighted by Crippen LogP contribution is 2.32. The van der Waals surface area contributed by atoms with E-state index in [9.17, 15) is 14.4 Å². The lowest BCUT2D eigenvalue weighted by atomic mass is 10.2. The maximum absolute atomic E-state index is 12.5. The highest BCUT2D eigenvalue weighted by Gasteiger charge is 2.37. The van der Waals surface area contributed by atoms with Crippen molar-refractivity contribution in [3.63, 3.8) is 0 Å². The van der Waals surface area contributed by atoms with Crippen LogP contribution in [0.25, 0.3) is 6.08 Å². The van der Waals surface area contributed by atoms with Crippen LogP contribution >= 0.6 is 11.8 Å². The topological polar surface area (TPSA) is 76.2 Å². The zero-order valence-corrected chi connectivity index (χ0v) is 15.3. The summed E-state index contributed by atoms with van der Waals surface area (Å²) in [6.45, 7) is 4.17. The lowest BCUT2D eigenvalue weighted by Crippen LogP contribution is -2.46. The quantitative estimate of drug-likeness (QED) is 0.732. The van der Waals surface area contributed by atoms with Gasteiger partial charge in [0, 0.05) is 13.1 Å². The van der Waals surface area contributed by atoms with Crippen molar-refractivity contribution in [3.8, 4) is 5.75 Å². The average molecular weight is 376 g/mol. The predicted octanol–water partition coefficient (Wildman–Crippen LogP) is 1.98. The Bertz CT molecular complexity index is 726. The second-order valence-electron chi connectivity index (χ2n) is 5.76. The minimum absolute atomic E-state index is 0.231. The Morgan fingerprint density at radius 1 is 1.23 bits per heavy atom. The van der Waals surface area contributed by atoms with Crippen LogP contribution in [0.5, 0.6) is 5.75 Å². The molecule has 2 aliphatic rings. The van der Waals surface area contributed by atoms with Crippen LogP contribution in [-0.2, 0) is 14.3 Å². The molecule has 8 heteroatoms. The molecule has 2 saturated heterocycles. The smallest absolute Gasteiger partial charge is 0.294 e. The van der Waals surface area contributed by atoms with Gasteiger partial charge in [-0.3, -0.25) is 19.3 Å². The van der Waals surface area contributed by atoms with E-state index in [4.69, 9.17) is 9.47 Å². The van der Waals surface area contributed by atoms with Gasteiger partial charge in [0.1, 0.15) is 12.3 Å². The average Bonchev–Trinajstić information content (AvgIpc) is 2.91.